The lowest BCUT2D eigenvalue weighted by molar-refractivity contribution is 0.0469. The van der Waals surface area contributed by atoms with E-state index in [2.05, 4.69) is 0 Å². The molecule has 1 amide bonds. The highest BCUT2D eigenvalue weighted by molar-refractivity contribution is 5.95. The molecule has 0 spiro atoms. The van der Waals surface area contributed by atoms with Crippen LogP contribution in [0.2, 0.25) is 0 Å². The van der Waals surface area contributed by atoms with E-state index in [0.717, 1.165) is 5.56 Å². The molecule has 0 radical (unpaired) electrons. The first-order chi connectivity index (χ1) is 7.79. The van der Waals surface area contributed by atoms with E-state index in [9.17, 15) is 14.3 Å². The molecule has 0 aliphatic carbocycles. The zero-order valence-corrected chi connectivity index (χ0v) is 10.6. The highest BCUT2D eigenvalue weighted by atomic mass is 19.1. The fraction of sp³-hybridized carbons (Fsp3) is 0.462. The Hall–Kier alpha value is -1.42. The summed E-state index contributed by atoms with van der Waals surface area (Å²) in [7, 11) is 1.56. The largest absolute Gasteiger partial charge is 0.394 e. The van der Waals surface area contributed by atoms with Crippen LogP contribution < -0.4 is 0 Å². The SMILES string of the molecule is Cc1ccc(F)c(C(=O)N(C)C(C)(C)CO)c1. The number of aliphatic hydroxyl groups is 1. The number of benzene rings is 1. The van der Waals surface area contributed by atoms with E-state index in [0.29, 0.717) is 0 Å². The number of halogens is 1. The Morgan fingerprint density at radius 2 is 2.06 bits per heavy atom. The smallest absolute Gasteiger partial charge is 0.257 e. The number of hydrogen-bond acceptors (Lipinski definition) is 2. The lowest BCUT2D eigenvalue weighted by Crippen LogP contribution is -2.47. The molecule has 0 saturated heterocycles. The molecule has 1 rings (SSSR count). The summed E-state index contributed by atoms with van der Waals surface area (Å²) in [5, 5.41) is 9.20. The molecule has 0 atom stereocenters. The van der Waals surface area contributed by atoms with Crippen molar-refractivity contribution < 1.29 is 14.3 Å². The molecule has 0 bridgehead atoms. The minimum absolute atomic E-state index is 0.0361. The molecule has 0 aromatic heterocycles. The summed E-state index contributed by atoms with van der Waals surface area (Å²) < 4.78 is 13.6. The fourth-order valence-corrected chi connectivity index (χ4v) is 1.36. The number of likely N-dealkylation sites (N-methyl/N-ethyl adjacent to an activating group) is 1. The highest BCUT2D eigenvalue weighted by Crippen LogP contribution is 2.18. The van der Waals surface area contributed by atoms with Crippen LogP contribution in [0.15, 0.2) is 18.2 Å². The molecule has 1 N–H and O–H groups in total. The Balaban J connectivity index is 3.08. The Morgan fingerprint density at radius 3 is 2.59 bits per heavy atom. The first-order valence-electron chi connectivity index (χ1n) is 5.45. The van der Waals surface area contributed by atoms with Crippen molar-refractivity contribution in [3.8, 4) is 0 Å². The third kappa shape index (κ3) is 2.82. The maximum atomic E-state index is 13.6. The maximum Gasteiger partial charge on any atom is 0.257 e. The van der Waals surface area contributed by atoms with Crippen LogP contribution in [-0.2, 0) is 0 Å². The van der Waals surface area contributed by atoms with Crippen molar-refractivity contribution >= 4 is 5.91 Å². The maximum absolute atomic E-state index is 13.6. The molecule has 0 heterocycles. The third-order valence-electron chi connectivity index (χ3n) is 2.95. The van der Waals surface area contributed by atoms with Crippen LogP contribution in [0, 0.1) is 12.7 Å². The molecule has 0 unspecified atom stereocenters. The van der Waals surface area contributed by atoms with Gasteiger partial charge in [-0.15, -0.1) is 0 Å². The number of nitrogens with zero attached hydrogens (tertiary/aromatic N) is 1. The number of amides is 1. The number of aryl methyl sites for hydroxylation is 1. The van der Waals surface area contributed by atoms with Crippen LogP contribution in [0.1, 0.15) is 29.8 Å². The lowest BCUT2D eigenvalue weighted by atomic mass is 10.0. The van der Waals surface area contributed by atoms with Gasteiger partial charge in [0, 0.05) is 7.05 Å². The molecule has 1 aromatic carbocycles. The summed E-state index contributed by atoms with van der Waals surface area (Å²) in [4.78, 5) is 13.5. The van der Waals surface area contributed by atoms with Crippen molar-refractivity contribution in [3.05, 3.63) is 35.1 Å². The number of aliphatic hydroxyl groups excluding tert-OH is 1. The number of carbonyl (C=O) groups excluding carboxylic acids is 1. The van der Waals surface area contributed by atoms with Gasteiger partial charge in [0.2, 0.25) is 0 Å². The van der Waals surface area contributed by atoms with Gasteiger partial charge in [-0.2, -0.15) is 0 Å². The molecule has 3 nitrogen and oxygen atoms in total. The van der Waals surface area contributed by atoms with Crippen molar-refractivity contribution in [1.82, 2.24) is 4.90 Å². The molecule has 1 aromatic rings. The van der Waals surface area contributed by atoms with Crippen LogP contribution >= 0.6 is 0 Å². The minimum atomic E-state index is -0.715. The zero-order valence-electron chi connectivity index (χ0n) is 10.6. The van der Waals surface area contributed by atoms with Crippen molar-refractivity contribution in [2.24, 2.45) is 0 Å². The van der Waals surface area contributed by atoms with Crippen LogP contribution in [0.4, 0.5) is 4.39 Å². The standard InChI is InChI=1S/C13H18FNO2/c1-9-5-6-11(14)10(7-9)12(17)15(4)13(2,3)8-16/h5-7,16H,8H2,1-4H3. The minimum Gasteiger partial charge on any atom is -0.394 e. The van der Waals surface area contributed by atoms with Gasteiger partial charge in [-0.3, -0.25) is 4.79 Å². The highest BCUT2D eigenvalue weighted by Gasteiger charge is 2.28. The summed E-state index contributed by atoms with van der Waals surface area (Å²) in [6, 6.07) is 4.41. The van der Waals surface area contributed by atoms with E-state index in [1.807, 2.05) is 0 Å². The summed E-state index contributed by atoms with van der Waals surface area (Å²) in [5.41, 5.74) is 0.145. The molecular formula is C13H18FNO2. The Morgan fingerprint density at radius 1 is 1.47 bits per heavy atom. The Bertz CT molecular complexity index is 429. The second kappa shape index (κ2) is 4.84. The van der Waals surface area contributed by atoms with Crippen LogP contribution in [-0.4, -0.2) is 35.1 Å². The predicted molar refractivity (Wildman–Crippen MR) is 64.4 cm³/mol. The normalized spacial score (nSPS) is 11.4. The van der Waals surface area contributed by atoms with Gasteiger partial charge in [-0.1, -0.05) is 11.6 Å². The van der Waals surface area contributed by atoms with E-state index in [1.54, 1.807) is 33.9 Å². The van der Waals surface area contributed by atoms with Crippen LogP contribution in [0.5, 0.6) is 0 Å². The first kappa shape index (κ1) is 13.6. The second-order valence-electron chi connectivity index (χ2n) is 4.82. The zero-order chi connectivity index (χ0) is 13.2. The van der Waals surface area contributed by atoms with Crippen molar-refractivity contribution in [2.75, 3.05) is 13.7 Å². The predicted octanol–water partition coefficient (Wildman–Crippen LogP) is 1.98. The van der Waals surface area contributed by atoms with E-state index < -0.39 is 17.3 Å². The number of rotatable bonds is 3. The lowest BCUT2D eigenvalue weighted by Gasteiger charge is -2.34. The van der Waals surface area contributed by atoms with Gasteiger partial charge in [0.15, 0.2) is 0 Å². The second-order valence-corrected chi connectivity index (χ2v) is 4.82. The van der Waals surface area contributed by atoms with Gasteiger partial charge >= 0.3 is 0 Å². The third-order valence-corrected chi connectivity index (χ3v) is 2.95. The molecule has 0 saturated carbocycles. The molecule has 0 aliphatic rings. The average Bonchev–Trinajstić information content (AvgIpc) is 2.30. The van der Waals surface area contributed by atoms with E-state index >= 15 is 0 Å². The summed E-state index contributed by atoms with van der Waals surface area (Å²) >= 11 is 0. The summed E-state index contributed by atoms with van der Waals surface area (Å²) in [6.07, 6.45) is 0. The number of hydrogen-bond donors (Lipinski definition) is 1. The topological polar surface area (TPSA) is 40.5 Å². The number of carbonyl (C=O) groups is 1. The molecule has 17 heavy (non-hydrogen) atoms. The quantitative estimate of drug-likeness (QED) is 0.876. The Labute approximate surface area is 101 Å². The Kier molecular flexibility index (Phi) is 3.88. The van der Waals surface area contributed by atoms with Gasteiger partial charge in [0.05, 0.1) is 17.7 Å². The van der Waals surface area contributed by atoms with Crippen molar-refractivity contribution in [2.45, 2.75) is 26.3 Å². The summed E-state index contributed by atoms with van der Waals surface area (Å²) in [5.74, 6) is -0.966. The van der Waals surface area contributed by atoms with Crippen LogP contribution in [0.25, 0.3) is 0 Å². The van der Waals surface area contributed by atoms with E-state index in [4.69, 9.17) is 0 Å². The molecule has 0 aliphatic heterocycles. The van der Waals surface area contributed by atoms with Crippen LogP contribution in [0.3, 0.4) is 0 Å². The molecule has 0 fully saturated rings. The monoisotopic (exact) mass is 239 g/mol. The van der Waals surface area contributed by atoms with Gasteiger partial charge in [0.1, 0.15) is 5.82 Å². The van der Waals surface area contributed by atoms with Crippen molar-refractivity contribution in [3.63, 3.8) is 0 Å². The fourth-order valence-electron chi connectivity index (χ4n) is 1.36. The van der Waals surface area contributed by atoms with E-state index in [1.165, 1.54) is 17.0 Å². The van der Waals surface area contributed by atoms with Crippen molar-refractivity contribution in [1.29, 1.82) is 0 Å². The average molecular weight is 239 g/mol. The van der Waals surface area contributed by atoms with E-state index in [-0.39, 0.29) is 12.2 Å². The summed E-state index contributed by atoms with van der Waals surface area (Å²) in [6.45, 7) is 5.06. The molecule has 4 heteroatoms. The van der Waals surface area contributed by atoms with Gasteiger partial charge in [-0.25, -0.2) is 4.39 Å². The first-order valence-corrected chi connectivity index (χ1v) is 5.45. The van der Waals surface area contributed by atoms with Gasteiger partial charge in [-0.05, 0) is 32.9 Å². The molecular weight excluding hydrogens is 221 g/mol. The molecule has 94 valence electrons. The van der Waals surface area contributed by atoms with Gasteiger partial charge in [0.25, 0.3) is 5.91 Å². The van der Waals surface area contributed by atoms with Gasteiger partial charge < -0.3 is 10.0 Å².